The predicted molar refractivity (Wildman–Crippen MR) is 64.1 cm³/mol. The minimum atomic E-state index is -0.630. The standard InChI is InChI=1S/C11H7ClN2O4/c12-7-5-10(14(16)17)11(13-6-7)18-9-3-1-8(15)2-4-9/h1-6,15H. The van der Waals surface area contributed by atoms with E-state index in [-0.39, 0.29) is 22.3 Å². The molecule has 6 nitrogen and oxygen atoms in total. The Bertz CT molecular complexity index is 586. The van der Waals surface area contributed by atoms with Crippen LogP contribution in [0.4, 0.5) is 5.69 Å². The molecule has 1 heterocycles. The highest BCUT2D eigenvalue weighted by Gasteiger charge is 2.18. The number of nitro groups is 1. The zero-order valence-corrected chi connectivity index (χ0v) is 9.66. The first-order valence-electron chi connectivity index (χ1n) is 4.83. The van der Waals surface area contributed by atoms with E-state index in [0.29, 0.717) is 5.75 Å². The summed E-state index contributed by atoms with van der Waals surface area (Å²) in [5, 5.41) is 20.1. The van der Waals surface area contributed by atoms with Crippen LogP contribution in [0.3, 0.4) is 0 Å². The molecule has 18 heavy (non-hydrogen) atoms. The van der Waals surface area contributed by atoms with E-state index in [1.54, 1.807) is 0 Å². The highest BCUT2D eigenvalue weighted by Crippen LogP contribution is 2.31. The second kappa shape index (κ2) is 4.89. The quantitative estimate of drug-likeness (QED) is 0.681. The lowest BCUT2D eigenvalue weighted by Gasteiger charge is -2.05. The molecule has 2 rings (SSSR count). The Morgan fingerprint density at radius 2 is 2.00 bits per heavy atom. The summed E-state index contributed by atoms with van der Waals surface area (Å²) < 4.78 is 5.26. The number of ether oxygens (including phenoxy) is 1. The van der Waals surface area contributed by atoms with E-state index in [0.717, 1.165) is 6.07 Å². The molecule has 2 aromatic rings. The Morgan fingerprint density at radius 3 is 2.61 bits per heavy atom. The van der Waals surface area contributed by atoms with Crippen LogP contribution in [0.15, 0.2) is 36.5 Å². The van der Waals surface area contributed by atoms with Crippen molar-refractivity contribution in [3.05, 3.63) is 51.7 Å². The molecule has 0 spiro atoms. The van der Waals surface area contributed by atoms with Gasteiger partial charge in [0.25, 0.3) is 5.88 Å². The van der Waals surface area contributed by atoms with Crippen LogP contribution in [-0.2, 0) is 0 Å². The molecule has 92 valence electrons. The summed E-state index contributed by atoms with van der Waals surface area (Å²) in [5.74, 6) is 0.238. The van der Waals surface area contributed by atoms with Crippen LogP contribution in [-0.4, -0.2) is 15.0 Å². The Kier molecular flexibility index (Phi) is 3.29. The molecule has 0 saturated heterocycles. The first kappa shape index (κ1) is 12.1. The summed E-state index contributed by atoms with van der Waals surface area (Å²) in [4.78, 5) is 13.9. The molecular weight excluding hydrogens is 260 g/mol. The number of phenolic OH excluding ortho intramolecular Hbond substituents is 1. The molecule has 0 saturated carbocycles. The van der Waals surface area contributed by atoms with Gasteiger partial charge < -0.3 is 9.84 Å². The zero-order valence-electron chi connectivity index (χ0n) is 8.91. The molecule has 0 aliphatic rings. The number of phenols is 1. The van der Waals surface area contributed by atoms with E-state index >= 15 is 0 Å². The summed E-state index contributed by atoms with van der Waals surface area (Å²) >= 11 is 5.63. The monoisotopic (exact) mass is 266 g/mol. The molecule has 0 unspecified atom stereocenters. The second-order valence-electron chi connectivity index (χ2n) is 3.33. The normalized spacial score (nSPS) is 10.1. The number of rotatable bonds is 3. The molecule has 0 radical (unpaired) electrons. The number of halogens is 1. The lowest BCUT2D eigenvalue weighted by atomic mass is 10.3. The van der Waals surface area contributed by atoms with Crippen molar-refractivity contribution in [2.75, 3.05) is 0 Å². The fraction of sp³-hybridized carbons (Fsp3) is 0. The number of hydrogen-bond donors (Lipinski definition) is 1. The zero-order chi connectivity index (χ0) is 13.1. The summed E-state index contributed by atoms with van der Waals surface area (Å²) in [6, 6.07) is 6.89. The molecule has 1 aromatic heterocycles. The van der Waals surface area contributed by atoms with Gasteiger partial charge in [0.15, 0.2) is 0 Å². The van der Waals surface area contributed by atoms with E-state index in [1.165, 1.54) is 30.5 Å². The highest BCUT2D eigenvalue weighted by atomic mass is 35.5. The SMILES string of the molecule is O=[N+]([O-])c1cc(Cl)cnc1Oc1ccc(O)cc1. The average molecular weight is 267 g/mol. The maximum atomic E-state index is 10.8. The molecule has 0 amide bonds. The van der Waals surface area contributed by atoms with Crippen molar-refractivity contribution in [1.82, 2.24) is 4.98 Å². The molecule has 0 aliphatic heterocycles. The van der Waals surface area contributed by atoms with Gasteiger partial charge in [0.2, 0.25) is 0 Å². The van der Waals surface area contributed by atoms with E-state index in [2.05, 4.69) is 4.98 Å². The Morgan fingerprint density at radius 1 is 1.33 bits per heavy atom. The number of hydrogen-bond acceptors (Lipinski definition) is 5. The second-order valence-corrected chi connectivity index (χ2v) is 3.77. The van der Waals surface area contributed by atoms with Gasteiger partial charge in [-0.3, -0.25) is 10.1 Å². The van der Waals surface area contributed by atoms with Gasteiger partial charge in [0, 0.05) is 6.07 Å². The van der Waals surface area contributed by atoms with Crippen molar-refractivity contribution < 1.29 is 14.8 Å². The van der Waals surface area contributed by atoms with Gasteiger partial charge in [-0.05, 0) is 24.3 Å². The maximum Gasteiger partial charge on any atom is 0.332 e. The molecule has 7 heteroatoms. The number of aromatic nitrogens is 1. The Labute approximate surface area is 107 Å². The van der Waals surface area contributed by atoms with Crippen LogP contribution in [0.5, 0.6) is 17.4 Å². The van der Waals surface area contributed by atoms with Crippen molar-refractivity contribution >= 4 is 17.3 Å². The van der Waals surface area contributed by atoms with Gasteiger partial charge in [-0.15, -0.1) is 0 Å². The third kappa shape index (κ3) is 2.67. The first-order valence-corrected chi connectivity index (χ1v) is 5.21. The molecule has 1 N–H and O–H groups in total. The summed E-state index contributed by atoms with van der Waals surface area (Å²) in [7, 11) is 0. The minimum Gasteiger partial charge on any atom is -0.508 e. The molecular formula is C11H7ClN2O4. The van der Waals surface area contributed by atoms with Crippen molar-refractivity contribution in [2.24, 2.45) is 0 Å². The van der Waals surface area contributed by atoms with Crippen LogP contribution < -0.4 is 4.74 Å². The van der Waals surface area contributed by atoms with Gasteiger partial charge in [-0.1, -0.05) is 11.6 Å². The summed E-state index contributed by atoms with van der Waals surface area (Å²) in [5.41, 5.74) is -0.324. The van der Waals surface area contributed by atoms with Crippen LogP contribution in [0.2, 0.25) is 5.02 Å². The lowest BCUT2D eigenvalue weighted by molar-refractivity contribution is -0.386. The van der Waals surface area contributed by atoms with Gasteiger partial charge in [0.05, 0.1) is 16.1 Å². The van der Waals surface area contributed by atoms with Gasteiger partial charge in [-0.2, -0.15) is 0 Å². The fourth-order valence-electron chi connectivity index (χ4n) is 1.25. The largest absolute Gasteiger partial charge is 0.508 e. The number of benzene rings is 1. The minimum absolute atomic E-state index is 0.0703. The molecule has 0 aliphatic carbocycles. The molecule has 0 bridgehead atoms. The topological polar surface area (TPSA) is 85.5 Å². The van der Waals surface area contributed by atoms with Gasteiger partial charge in [-0.25, -0.2) is 4.98 Å². The number of nitrogens with zero attached hydrogens (tertiary/aromatic N) is 2. The Balaban J connectivity index is 2.34. The third-order valence-electron chi connectivity index (χ3n) is 2.05. The van der Waals surface area contributed by atoms with Crippen LogP contribution in [0.1, 0.15) is 0 Å². The van der Waals surface area contributed by atoms with Crippen molar-refractivity contribution in [1.29, 1.82) is 0 Å². The van der Waals surface area contributed by atoms with Crippen LogP contribution in [0, 0.1) is 10.1 Å². The number of pyridine rings is 1. The van der Waals surface area contributed by atoms with Crippen molar-refractivity contribution in [2.45, 2.75) is 0 Å². The fourth-order valence-corrected chi connectivity index (χ4v) is 1.40. The molecule has 1 aromatic carbocycles. The predicted octanol–water partition coefficient (Wildman–Crippen LogP) is 3.14. The van der Waals surface area contributed by atoms with Crippen molar-refractivity contribution in [3.63, 3.8) is 0 Å². The summed E-state index contributed by atoms with van der Waals surface area (Å²) in [6.07, 6.45) is 1.25. The van der Waals surface area contributed by atoms with Gasteiger partial charge in [0.1, 0.15) is 11.5 Å². The van der Waals surface area contributed by atoms with Crippen LogP contribution >= 0.6 is 11.6 Å². The van der Waals surface area contributed by atoms with Crippen molar-refractivity contribution in [3.8, 4) is 17.4 Å². The van der Waals surface area contributed by atoms with Crippen LogP contribution in [0.25, 0.3) is 0 Å². The first-order chi connectivity index (χ1) is 8.56. The lowest BCUT2D eigenvalue weighted by Crippen LogP contribution is -1.95. The van der Waals surface area contributed by atoms with E-state index in [1.807, 2.05) is 0 Å². The number of aromatic hydroxyl groups is 1. The summed E-state index contributed by atoms with van der Waals surface area (Å²) in [6.45, 7) is 0. The van der Waals surface area contributed by atoms with E-state index in [4.69, 9.17) is 21.4 Å². The van der Waals surface area contributed by atoms with E-state index < -0.39 is 4.92 Å². The van der Waals surface area contributed by atoms with E-state index in [9.17, 15) is 10.1 Å². The van der Waals surface area contributed by atoms with Gasteiger partial charge >= 0.3 is 5.69 Å². The third-order valence-corrected chi connectivity index (χ3v) is 2.25. The molecule has 0 fully saturated rings. The highest BCUT2D eigenvalue weighted by molar-refractivity contribution is 6.30. The molecule has 0 atom stereocenters. The maximum absolute atomic E-state index is 10.8. The Hall–Kier alpha value is -2.34. The average Bonchev–Trinajstić information content (AvgIpc) is 2.34. The smallest absolute Gasteiger partial charge is 0.332 e.